The first kappa shape index (κ1) is 11.9. The molecule has 4 nitrogen and oxygen atoms in total. The summed E-state index contributed by atoms with van der Waals surface area (Å²) in [7, 11) is 0. The van der Waals surface area contributed by atoms with Crippen molar-refractivity contribution < 1.29 is 4.39 Å². The number of benzene rings is 1. The monoisotopic (exact) mass is 252 g/mol. The smallest absolute Gasteiger partial charge is 0.210 e. The van der Waals surface area contributed by atoms with Gasteiger partial charge in [-0.15, -0.1) is 10.2 Å². The number of thioether (sulfide) groups is 1. The van der Waals surface area contributed by atoms with Crippen LogP contribution >= 0.6 is 11.8 Å². The maximum atomic E-state index is 12.8. The zero-order valence-corrected chi connectivity index (χ0v) is 10.2. The Morgan fingerprint density at radius 2 is 2.00 bits per heavy atom. The number of aromatic nitrogens is 3. The maximum absolute atomic E-state index is 12.8. The van der Waals surface area contributed by atoms with E-state index in [1.165, 1.54) is 16.8 Å². The topological polar surface area (TPSA) is 56.7 Å². The van der Waals surface area contributed by atoms with Gasteiger partial charge in [0.05, 0.1) is 0 Å². The lowest BCUT2D eigenvalue weighted by Crippen LogP contribution is -2.11. The number of nitrogens with zero attached hydrogens (tertiary/aromatic N) is 3. The third-order valence-electron chi connectivity index (χ3n) is 2.20. The standard InChI is InChI=1S/C11H13FN4S/c1-2-7-17-11-15-14-10(16(11)13)8-3-5-9(12)6-4-8/h3-6H,2,7,13H2,1H3. The molecule has 0 bridgehead atoms. The SMILES string of the molecule is CCCSc1nnc(-c2ccc(F)cc2)n1N. The van der Waals surface area contributed by atoms with Crippen molar-refractivity contribution in [2.45, 2.75) is 18.5 Å². The van der Waals surface area contributed by atoms with Crippen LogP contribution in [0.1, 0.15) is 13.3 Å². The van der Waals surface area contributed by atoms with Crippen LogP contribution in [0.15, 0.2) is 29.4 Å². The second-order valence-electron chi connectivity index (χ2n) is 3.53. The molecule has 0 fully saturated rings. The van der Waals surface area contributed by atoms with Gasteiger partial charge in [0.15, 0.2) is 5.82 Å². The third kappa shape index (κ3) is 2.58. The van der Waals surface area contributed by atoms with Crippen molar-refractivity contribution in [3.05, 3.63) is 30.1 Å². The van der Waals surface area contributed by atoms with Gasteiger partial charge in [0.2, 0.25) is 5.16 Å². The first-order valence-electron chi connectivity index (χ1n) is 5.31. The van der Waals surface area contributed by atoms with Crippen LogP contribution in [0.25, 0.3) is 11.4 Å². The lowest BCUT2D eigenvalue weighted by Gasteiger charge is -2.02. The predicted octanol–water partition coefficient (Wildman–Crippen LogP) is 2.30. The van der Waals surface area contributed by atoms with E-state index in [1.54, 1.807) is 23.9 Å². The van der Waals surface area contributed by atoms with Crippen LogP contribution in [0.4, 0.5) is 4.39 Å². The van der Waals surface area contributed by atoms with E-state index in [0.717, 1.165) is 17.7 Å². The third-order valence-corrected chi connectivity index (χ3v) is 3.35. The van der Waals surface area contributed by atoms with Gasteiger partial charge in [-0.2, -0.15) is 0 Å². The molecule has 0 aliphatic heterocycles. The Labute approximate surface area is 103 Å². The number of halogens is 1. The summed E-state index contributed by atoms with van der Waals surface area (Å²) in [6.07, 6.45) is 1.05. The fourth-order valence-electron chi connectivity index (χ4n) is 1.36. The van der Waals surface area contributed by atoms with Crippen LogP contribution in [0.3, 0.4) is 0 Å². The van der Waals surface area contributed by atoms with Gasteiger partial charge in [0.25, 0.3) is 0 Å². The molecular formula is C11H13FN4S. The van der Waals surface area contributed by atoms with E-state index in [-0.39, 0.29) is 5.82 Å². The lowest BCUT2D eigenvalue weighted by atomic mass is 10.2. The molecule has 1 aromatic heterocycles. The summed E-state index contributed by atoms with van der Waals surface area (Å²) in [6, 6.07) is 6.03. The van der Waals surface area contributed by atoms with Gasteiger partial charge in [-0.3, -0.25) is 0 Å². The molecule has 90 valence electrons. The van der Waals surface area contributed by atoms with Crippen LogP contribution in [0, 0.1) is 5.82 Å². The molecule has 0 saturated carbocycles. The van der Waals surface area contributed by atoms with Gasteiger partial charge in [0, 0.05) is 11.3 Å². The minimum atomic E-state index is -0.280. The number of rotatable bonds is 4. The van der Waals surface area contributed by atoms with E-state index in [1.807, 2.05) is 0 Å². The highest BCUT2D eigenvalue weighted by atomic mass is 32.2. The van der Waals surface area contributed by atoms with Gasteiger partial charge in [0.1, 0.15) is 5.82 Å². The summed E-state index contributed by atoms with van der Waals surface area (Å²) in [5, 5.41) is 8.69. The van der Waals surface area contributed by atoms with Crippen molar-refractivity contribution in [2.75, 3.05) is 11.6 Å². The predicted molar refractivity (Wildman–Crippen MR) is 66.6 cm³/mol. The number of hydrogen-bond donors (Lipinski definition) is 1. The number of nitrogen functional groups attached to an aromatic ring is 1. The van der Waals surface area contributed by atoms with E-state index >= 15 is 0 Å². The maximum Gasteiger partial charge on any atom is 0.210 e. The quantitative estimate of drug-likeness (QED) is 0.670. The Kier molecular flexibility index (Phi) is 3.63. The molecule has 0 unspecified atom stereocenters. The number of hydrogen-bond acceptors (Lipinski definition) is 4. The van der Waals surface area contributed by atoms with Crippen LogP contribution in [0.5, 0.6) is 0 Å². The van der Waals surface area contributed by atoms with Crippen molar-refractivity contribution in [1.29, 1.82) is 0 Å². The van der Waals surface area contributed by atoms with Gasteiger partial charge < -0.3 is 5.84 Å². The minimum Gasteiger partial charge on any atom is -0.335 e. The average Bonchev–Trinajstić information content (AvgIpc) is 2.69. The van der Waals surface area contributed by atoms with Gasteiger partial charge >= 0.3 is 0 Å². The largest absolute Gasteiger partial charge is 0.335 e. The molecule has 6 heteroatoms. The molecule has 0 saturated heterocycles. The van der Waals surface area contributed by atoms with Gasteiger partial charge in [-0.25, -0.2) is 9.07 Å². The molecule has 2 aromatic rings. The fourth-order valence-corrected chi connectivity index (χ4v) is 2.08. The first-order chi connectivity index (χ1) is 8.22. The molecule has 1 heterocycles. The normalized spacial score (nSPS) is 10.7. The van der Waals surface area contributed by atoms with Gasteiger partial charge in [-0.1, -0.05) is 18.7 Å². The van der Waals surface area contributed by atoms with E-state index in [4.69, 9.17) is 5.84 Å². The summed E-state index contributed by atoms with van der Waals surface area (Å²) >= 11 is 1.56. The summed E-state index contributed by atoms with van der Waals surface area (Å²) < 4.78 is 14.2. The zero-order valence-electron chi connectivity index (χ0n) is 9.43. The molecule has 2 N–H and O–H groups in total. The molecule has 1 aromatic carbocycles. The highest BCUT2D eigenvalue weighted by Gasteiger charge is 2.11. The highest BCUT2D eigenvalue weighted by molar-refractivity contribution is 7.99. The second kappa shape index (κ2) is 5.18. The molecule has 0 aliphatic carbocycles. The summed E-state index contributed by atoms with van der Waals surface area (Å²) in [5.41, 5.74) is 0.754. The Bertz CT molecular complexity index is 495. The Hall–Kier alpha value is -1.56. The summed E-state index contributed by atoms with van der Waals surface area (Å²) in [4.78, 5) is 0. The van der Waals surface area contributed by atoms with E-state index in [0.29, 0.717) is 11.0 Å². The fraction of sp³-hybridized carbons (Fsp3) is 0.273. The molecule has 17 heavy (non-hydrogen) atoms. The Morgan fingerprint density at radius 3 is 2.65 bits per heavy atom. The van der Waals surface area contributed by atoms with Crippen molar-refractivity contribution in [1.82, 2.24) is 14.9 Å². The Balaban J connectivity index is 2.27. The molecule has 0 amide bonds. The van der Waals surface area contributed by atoms with Crippen LogP contribution in [-0.4, -0.2) is 20.6 Å². The zero-order chi connectivity index (χ0) is 12.3. The molecule has 0 radical (unpaired) electrons. The molecule has 0 spiro atoms. The summed E-state index contributed by atoms with van der Waals surface area (Å²) in [5.74, 6) is 7.10. The average molecular weight is 252 g/mol. The van der Waals surface area contributed by atoms with Crippen molar-refractivity contribution in [2.24, 2.45) is 0 Å². The lowest BCUT2D eigenvalue weighted by molar-refractivity contribution is 0.628. The highest BCUT2D eigenvalue weighted by Crippen LogP contribution is 2.21. The van der Waals surface area contributed by atoms with Crippen molar-refractivity contribution >= 4 is 11.8 Å². The number of nitrogens with two attached hydrogens (primary N) is 1. The van der Waals surface area contributed by atoms with E-state index in [2.05, 4.69) is 17.1 Å². The molecule has 0 aliphatic rings. The van der Waals surface area contributed by atoms with Crippen molar-refractivity contribution in [3.63, 3.8) is 0 Å². The first-order valence-corrected chi connectivity index (χ1v) is 6.30. The van der Waals surface area contributed by atoms with Crippen LogP contribution in [0.2, 0.25) is 0 Å². The molecular weight excluding hydrogens is 239 g/mol. The Morgan fingerprint density at radius 1 is 1.29 bits per heavy atom. The van der Waals surface area contributed by atoms with E-state index < -0.39 is 0 Å². The second-order valence-corrected chi connectivity index (χ2v) is 4.59. The van der Waals surface area contributed by atoms with E-state index in [9.17, 15) is 4.39 Å². The van der Waals surface area contributed by atoms with Crippen molar-refractivity contribution in [3.8, 4) is 11.4 Å². The molecule has 2 rings (SSSR count). The van der Waals surface area contributed by atoms with Crippen LogP contribution in [-0.2, 0) is 0 Å². The van der Waals surface area contributed by atoms with Gasteiger partial charge in [-0.05, 0) is 30.7 Å². The summed E-state index contributed by atoms with van der Waals surface area (Å²) in [6.45, 7) is 2.09. The molecule has 0 atom stereocenters. The van der Waals surface area contributed by atoms with Crippen LogP contribution < -0.4 is 5.84 Å². The minimum absolute atomic E-state index is 0.280.